The predicted octanol–water partition coefficient (Wildman–Crippen LogP) is 2.46. The number of hydrogen-bond donors (Lipinski definition) is 2. The van der Waals surface area contributed by atoms with Crippen LogP contribution in [0, 0.1) is 6.92 Å². The third kappa shape index (κ3) is 3.10. The first-order valence-electron chi connectivity index (χ1n) is 5.31. The first-order valence-corrected chi connectivity index (χ1v) is 6.51. The van der Waals surface area contributed by atoms with Crippen LogP contribution in [0.3, 0.4) is 0 Å². The fourth-order valence-electron chi connectivity index (χ4n) is 1.48. The molecule has 19 heavy (non-hydrogen) atoms. The number of aryl methyl sites for hydroxylation is 1. The fraction of sp³-hybridized carbons (Fsp3) is 0.0833. The number of thiazole rings is 1. The second-order valence-electron chi connectivity index (χ2n) is 3.78. The minimum Gasteiger partial charge on any atom is -0.366 e. The lowest BCUT2D eigenvalue weighted by Crippen LogP contribution is -2.13. The lowest BCUT2D eigenvalue weighted by Gasteiger charge is -2.04. The summed E-state index contributed by atoms with van der Waals surface area (Å²) in [5, 5.41) is 2.70. The summed E-state index contributed by atoms with van der Waals surface area (Å²) in [4.78, 5) is 27.3. The number of hydrogen-bond acceptors (Lipinski definition) is 4. The summed E-state index contributed by atoms with van der Waals surface area (Å²) in [6.45, 7) is 1.72. The maximum absolute atomic E-state index is 12.0. The molecule has 0 radical (unpaired) electrons. The molecule has 0 bridgehead atoms. The van der Waals surface area contributed by atoms with Crippen molar-refractivity contribution < 1.29 is 9.59 Å². The highest BCUT2D eigenvalue weighted by Gasteiger charge is 2.14. The van der Waals surface area contributed by atoms with Gasteiger partial charge in [0.05, 0.1) is 5.69 Å². The Morgan fingerprint density at radius 3 is 2.42 bits per heavy atom. The number of nitrogens with zero attached hydrogens (tertiary/aromatic N) is 1. The minimum atomic E-state index is -0.511. The van der Waals surface area contributed by atoms with Crippen molar-refractivity contribution in [3.05, 3.63) is 44.9 Å². The predicted molar refractivity (Wildman–Crippen MR) is 74.8 cm³/mol. The zero-order valence-corrected chi connectivity index (χ0v) is 11.5. The van der Waals surface area contributed by atoms with Gasteiger partial charge in [-0.1, -0.05) is 22.9 Å². The molecular weight excluding hydrogens is 286 g/mol. The quantitative estimate of drug-likeness (QED) is 0.912. The van der Waals surface area contributed by atoms with Crippen LogP contribution in [-0.2, 0) is 0 Å². The van der Waals surface area contributed by atoms with Crippen LogP contribution in [0.4, 0.5) is 5.69 Å². The molecule has 0 unspecified atom stereocenters. The molecule has 0 saturated heterocycles. The molecule has 0 aliphatic heterocycles. The maximum atomic E-state index is 12.0. The third-order valence-electron chi connectivity index (χ3n) is 2.40. The Kier molecular flexibility index (Phi) is 3.82. The second-order valence-corrected chi connectivity index (χ2v) is 5.36. The molecule has 5 nitrogen and oxygen atoms in total. The molecule has 0 spiro atoms. The summed E-state index contributed by atoms with van der Waals surface area (Å²) in [6, 6.07) is 6.31. The van der Waals surface area contributed by atoms with Crippen molar-refractivity contribution in [3.63, 3.8) is 0 Å². The zero-order chi connectivity index (χ0) is 14.0. The van der Waals surface area contributed by atoms with E-state index < -0.39 is 5.91 Å². The van der Waals surface area contributed by atoms with Crippen LogP contribution in [0.2, 0.25) is 4.47 Å². The smallest absolute Gasteiger partial charge is 0.267 e. The van der Waals surface area contributed by atoms with E-state index in [1.165, 1.54) is 0 Å². The number of rotatable bonds is 3. The van der Waals surface area contributed by atoms with E-state index in [2.05, 4.69) is 10.3 Å². The summed E-state index contributed by atoms with van der Waals surface area (Å²) in [5.74, 6) is -0.795. The molecule has 0 atom stereocenters. The van der Waals surface area contributed by atoms with E-state index in [0.29, 0.717) is 26.3 Å². The maximum Gasteiger partial charge on any atom is 0.267 e. The molecule has 1 aromatic heterocycles. The highest BCUT2D eigenvalue weighted by molar-refractivity contribution is 7.17. The number of anilines is 1. The van der Waals surface area contributed by atoms with E-state index in [1.54, 1.807) is 31.2 Å². The van der Waals surface area contributed by atoms with E-state index in [0.717, 1.165) is 11.3 Å². The number of halogens is 1. The number of primary amides is 1. The topological polar surface area (TPSA) is 85.1 Å². The molecule has 7 heteroatoms. The summed E-state index contributed by atoms with van der Waals surface area (Å²) in [6.07, 6.45) is 0. The molecule has 0 fully saturated rings. The average molecular weight is 296 g/mol. The summed E-state index contributed by atoms with van der Waals surface area (Å²) < 4.78 is 0.326. The van der Waals surface area contributed by atoms with Crippen LogP contribution < -0.4 is 11.1 Å². The van der Waals surface area contributed by atoms with Gasteiger partial charge >= 0.3 is 0 Å². The highest BCUT2D eigenvalue weighted by atomic mass is 35.5. The zero-order valence-electron chi connectivity index (χ0n) is 9.94. The number of nitrogens with one attached hydrogen (secondary N) is 1. The Hall–Kier alpha value is -1.92. The van der Waals surface area contributed by atoms with Gasteiger partial charge in [-0.05, 0) is 31.2 Å². The number of carbonyl (C=O) groups is 2. The molecule has 0 aliphatic carbocycles. The minimum absolute atomic E-state index is 0.284. The van der Waals surface area contributed by atoms with Gasteiger partial charge in [-0.2, -0.15) is 0 Å². The Morgan fingerprint density at radius 1 is 1.32 bits per heavy atom. The first kappa shape index (κ1) is 13.5. The van der Waals surface area contributed by atoms with Crippen molar-refractivity contribution >= 4 is 40.4 Å². The van der Waals surface area contributed by atoms with Gasteiger partial charge in [-0.3, -0.25) is 9.59 Å². The molecule has 0 aliphatic rings. The Balaban J connectivity index is 2.15. The second kappa shape index (κ2) is 5.38. The molecule has 1 heterocycles. The van der Waals surface area contributed by atoms with Crippen molar-refractivity contribution in [2.45, 2.75) is 6.92 Å². The van der Waals surface area contributed by atoms with Crippen molar-refractivity contribution in [1.29, 1.82) is 0 Å². The van der Waals surface area contributed by atoms with Gasteiger partial charge in [-0.15, -0.1) is 0 Å². The van der Waals surface area contributed by atoms with E-state index in [9.17, 15) is 9.59 Å². The van der Waals surface area contributed by atoms with Crippen LogP contribution in [0.1, 0.15) is 25.7 Å². The van der Waals surface area contributed by atoms with Crippen LogP contribution in [0.15, 0.2) is 24.3 Å². The Bertz CT molecular complexity index is 637. The lowest BCUT2D eigenvalue weighted by atomic mass is 10.2. The van der Waals surface area contributed by atoms with Gasteiger partial charge < -0.3 is 11.1 Å². The van der Waals surface area contributed by atoms with Crippen molar-refractivity contribution in [3.8, 4) is 0 Å². The Morgan fingerprint density at radius 2 is 1.95 bits per heavy atom. The number of amides is 2. The van der Waals surface area contributed by atoms with E-state index >= 15 is 0 Å². The SMILES string of the molecule is Cc1nc(Cl)sc1C(=O)Nc1ccc(C(N)=O)cc1. The van der Waals surface area contributed by atoms with Gasteiger partial charge in [0, 0.05) is 11.3 Å². The molecule has 0 saturated carbocycles. The monoisotopic (exact) mass is 295 g/mol. The van der Waals surface area contributed by atoms with E-state index in [-0.39, 0.29) is 5.91 Å². The van der Waals surface area contributed by atoms with Gasteiger partial charge in [0.15, 0.2) is 4.47 Å². The van der Waals surface area contributed by atoms with Gasteiger partial charge in [-0.25, -0.2) is 4.98 Å². The van der Waals surface area contributed by atoms with Crippen molar-refractivity contribution in [2.75, 3.05) is 5.32 Å². The molecule has 2 rings (SSSR count). The van der Waals surface area contributed by atoms with Crippen molar-refractivity contribution in [2.24, 2.45) is 5.73 Å². The van der Waals surface area contributed by atoms with Crippen LogP contribution in [0.25, 0.3) is 0 Å². The van der Waals surface area contributed by atoms with Crippen molar-refractivity contribution in [1.82, 2.24) is 4.98 Å². The molecule has 98 valence electrons. The number of nitrogens with two attached hydrogens (primary N) is 1. The molecule has 2 aromatic rings. The molecule has 1 aromatic carbocycles. The summed E-state index contributed by atoms with van der Waals surface area (Å²) in [5.41, 5.74) is 6.67. The standard InChI is InChI=1S/C12H10ClN3O2S/c1-6-9(19-12(13)15-6)11(18)16-8-4-2-7(3-5-8)10(14)17/h2-5H,1H3,(H2,14,17)(H,16,18). The number of aromatic nitrogens is 1. The first-order chi connectivity index (χ1) is 8.97. The van der Waals surface area contributed by atoms with Gasteiger partial charge in [0.1, 0.15) is 4.88 Å². The van der Waals surface area contributed by atoms with Gasteiger partial charge in [0.25, 0.3) is 5.91 Å². The highest BCUT2D eigenvalue weighted by Crippen LogP contribution is 2.23. The number of carbonyl (C=O) groups excluding carboxylic acids is 2. The van der Waals surface area contributed by atoms with Crippen LogP contribution >= 0.6 is 22.9 Å². The number of benzene rings is 1. The van der Waals surface area contributed by atoms with E-state index in [4.69, 9.17) is 17.3 Å². The normalized spacial score (nSPS) is 10.2. The van der Waals surface area contributed by atoms with Crippen LogP contribution in [-0.4, -0.2) is 16.8 Å². The Labute approximate surface area is 118 Å². The van der Waals surface area contributed by atoms with Gasteiger partial charge in [0.2, 0.25) is 5.91 Å². The average Bonchev–Trinajstić information content (AvgIpc) is 2.69. The summed E-state index contributed by atoms with van der Waals surface area (Å²) in [7, 11) is 0. The third-order valence-corrected chi connectivity index (χ3v) is 3.66. The fourth-order valence-corrected chi connectivity index (χ4v) is 2.53. The largest absolute Gasteiger partial charge is 0.366 e. The molecule has 3 N–H and O–H groups in total. The van der Waals surface area contributed by atoms with E-state index in [1.807, 2.05) is 0 Å². The summed E-state index contributed by atoms with van der Waals surface area (Å²) >= 11 is 6.86. The molecule has 2 amide bonds. The lowest BCUT2D eigenvalue weighted by molar-refractivity contribution is 0.0998. The molecular formula is C12H10ClN3O2S. The van der Waals surface area contributed by atoms with Crippen LogP contribution in [0.5, 0.6) is 0 Å².